The lowest BCUT2D eigenvalue weighted by atomic mass is 9.98. The van der Waals surface area contributed by atoms with Crippen molar-refractivity contribution in [1.29, 1.82) is 0 Å². The Kier molecular flexibility index (Phi) is 13.2. The van der Waals surface area contributed by atoms with Crippen molar-refractivity contribution in [2.45, 2.75) is 49.6 Å². The first kappa shape index (κ1) is 36.8. The summed E-state index contributed by atoms with van der Waals surface area (Å²) >= 11 is 6.45. The Labute approximate surface area is 283 Å². The average molecular weight is 691 g/mol. The summed E-state index contributed by atoms with van der Waals surface area (Å²) in [7, 11) is 4.21. The first-order valence-electron chi connectivity index (χ1n) is 15.6. The van der Waals surface area contributed by atoms with E-state index in [1.54, 1.807) is 39.5 Å². The highest BCUT2D eigenvalue weighted by Crippen LogP contribution is 2.38. The van der Waals surface area contributed by atoms with Gasteiger partial charge in [0.25, 0.3) is 0 Å². The lowest BCUT2D eigenvalue weighted by molar-refractivity contribution is 0.0160. The second kappa shape index (κ2) is 16.9. The van der Waals surface area contributed by atoms with Gasteiger partial charge >= 0.3 is 0 Å². The third kappa shape index (κ3) is 9.32. The molecule has 14 heteroatoms. The van der Waals surface area contributed by atoms with Crippen LogP contribution in [0.5, 0.6) is 5.75 Å². The molecule has 0 bridgehead atoms. The number of benzene rings is 2. The van der Waals surface area contributed by atoms with Gasteiger partial charge in [-0.2, -0.15) is 4.98 Å². The maximum atomic E-state index is 12.9. The zero-order chi connectivity index (χ0) is 34.1. The van der Waals surface area contributed by atoms with Gasteiger partial charge in [-0.25, -0.2) is 17.7 Å². The second-order valence-electron chi connectivity index (χ2n) is 12.1. The lowest BCUT2D eigenvalue weighted by Gasteiger charge is -2.34. The van der Waals surface area contributed by atoms with Gasteiger partial charge in [-0.1, -0.05) is 36.7 Å². The molecule has 1 heterocycles. The summed E-state index contributed by atoms with van der Waals surface area (Å²) in [6, 6.07) is 10.9. The zero-order valence-electron chi connectivity index (χ0n) is 28.0. The number of para-hydroxylation sites is 1. The van der Waals surface area contributed by atoms with E-state index in [-0.39, 0.29) is 34.3 Å². The summed E-state index contributed by atoms with van der Waals surface area (Å²) in [6.07, 6.45) is 4.45. The average Bonchev–Trinajstić information content (AvgIpc) is 3.25. The fourth-order valence-corrected chi connectivity index (χ4v) is 7.21. The number of aliphatic hydroxyl groups excluding tert-OH is 1. The third-order valence-corrected chi connectivity index (χ3v) is 10.3. The SMILES string of the molecule is COCC(C)CN(CC(O)COC)C1CCCc2c(ccc(Nc3ncc(Cl)c(Nc4ccccc4S(=O)(=O)N(C)C)n3)c2OC)C1. The van der Waals surface area contributed by atoms with Crippen LogP contribution in [-0.4, -0.2) is 107 Å². The Balaban J connectivity index is 1.59. The molecule has 47 heavy (non-hydrogen) atoms. The first-order valence-corrected chi connectivity index (χ1v) is 17.5. The Morgan fingerprint density at radius 2 is 1.79 bits per heavy atom. The van der Waals surface area contributed by atoms with E-state index in [4.69, 9.17) is 25.8 Å². The maximum Gasteiger partial charge on any atom is 0.244 e. The van der Waals surface area contributed by atoms with E-state index >= 15 is 0 Å². The number of halogens is 1. The molecule has 0 amide bonds. The Bertz CT molecular complexity index is 1580. The maximum absolute atomic E-state index is 12.9. The normalized spacial score (nSPS) is 16.4. The predicted octanol–water partition coefficient (Wildman–Crippen LogP) is 4.72. The van der Waals surface area contributed by atoms with Crippen molar-refractivity contribution in [2.75, 3.05) is 72.4 Å². The molecule has 0 spiro atoms. The summed E-state index contributed by atoms with van der Waals surface area (Å²) < 4.78 is 43.6. The molecule has 0 aliphatic heterocycles. The number of sulfonamides is 1. The fraction of sp³-hybridized carbons (Fsp3) is 0.515. The summed E-state index contributed by atoms with van der Waals surface area (Å²) in [5, 5.41) is 17.2. The Hall–Kier alpha value is -3.04. The number of methoxy groups -OCH3 is 3. The van der Waals surface area contributed by atoms with E-state index in [0.717, 1.165) is 47.8 Å². The van der Waals surface area contributed by atoms with Crippen LogP contribution in [0, 0.1) is 5.92 Å². The van der Waals surface area contributed by atoms with Crippen molar-refractivity contribution < 1.29 is 27.7 Å². The number of aliphatic hydroxyl groups is 1. The fourth-order valence-electron chi connectivity index (χ4n) is 6.03. The van der Waals surface area contributed by atoms with Gasteiger partial charge < -0.3 is 30.0 Å². The van der Waals surface area contributed by atoms with Crippen LogP contribution in [0.2, 0.25) is 5.02 Å². The third-order valence-electron chi connectivity index (χ3n) is 8.19. The summed E-state index contributed by atoms with van der Waals surface area (Å²) in [5.74, 6) is 1.54. The highest BCUT2D eigenvalue weighted by molar-refractivity contribution is 7.89. The van der Waals surface area contributed by atoms with E-state index < -0.39 is 16.1 Å². The number of fused-ring (bicyclic) bond motifs is 1. The Morgan fingerprint density at radius 3 is 2.49 bits per heavy atom. The molecule has 1 aliphatic carbocycles. The van der Waals surface area contributed by atoms with Crippen LogP contribution in [0.3, 0.4) is 0 Å². The number of hydrogen-bond acceptors (Lipinski definition) is 11. The summed E-state index contributed by atoms with van der Waals surface area (Å²) in [4.78, 5) is 11.4. The molecule has 1 aliphatic rings. The molecular formula is C33H47ClN6O6S. The standard InChI is InChI=1S/C33H47ClN6O6S/c1-22(20-44-4)18-40(19-25(41)21-45-5)24-10-9-11-26-23(16-24)14-15-29(31(26)46-6)37-33-35-17-27(34)32(38-33)36-28-12-7-8-13-30(28)47(42,43)39(2)3/h7-8,12-15,17,22,24-25,41H,9-11,16,18-21H2,1-6H3,(H2,35,36,37,38). The van der Waals surface area contributed by atoms with Crippen LogP contribution >= 0.6 is 11.6 Å². The number of rotatable bonds is 16. The van der Waals surface area contributed by atoms with Gasteiger partial charge in [-0.05, 0) is 60.9 Å². The van der Waals surface area contributed by atoms with Gasteiger partial charge in [0.1, 0.15) is 15.7 Å². The predicted molar refractivity (Wildman–Crippen MR) is 185 cm³/mol. The quantitative estimate of drug-likeness (QED) is 0.180. The van der Waals surface area contributed by atoms with Crippen LogP contribution in [0.25, 0.3) is 0 Å². The van der Waals surface area contributed by atoms with E-state index in [1.807, 2.05) is 6.07 Å². The second-order valence-corrected chi connectivity index (χ2v) is 14.6. The summed E-state index contributed by atoms with van der Waals surface area (Å²) in [5.41, 5.74) is 3.36. The molecule has 12 nitrogen and oxygen atoms in total. The first-order chi connectivity index (χ1) is 22.5. The number of hydrogen-bond donors (Lipinski definition) is 3. The largest absolute Gasteiger partial charge is 0.494 e. The highest BCUT2D eigenvalue weighted by atomic mass is 35.5. The van der Waals surface area contributed by atoms with Crippen molar-refractivity contribution in [1.82, 2.24) is 19.2 Å². The molecule has 3 aromatic rings. The molecule has 0 radical (unpaired) electrons. The van der Waals surface area contributed by atoms with E-state index in [1.165, 1.54) is 31.9 Å². The van der Waals surface area contributed by atoms with Crippen LogP contribution in [-0.2, 0) is 32.3 Å². The van der Waals surface area contributed by atoms with Gasteiger partial charge in [0, 0.05) is 54.1 Å². The minimum atomic E-state index is -3.72. The molecule has 0 saturated carbocycles. The van der Waals surface area contributed by atoms with Crippen LogP contribution in [0.4, 0.5) is 23.1 Å². The van der Waals surface area contributed by atoms with Crippen LogP contribution in [0.15, 0.2) is 47.5 Å². The van der Waals surface area contributed by atoms with Gasteiger partial charge in [0.05, 0.1) is 37.4 Å². The van der Waals surface area contributed by atoms with Crippen molar-refractivity contribution >= 4 is 44.8 Å². The van der Waals surface area contributed by atoms with E-state index in [0.29, 0.717) is 30.4 Å². The lowest BCUT2D eigenvalue weighted by Crippen LogP contribution is -2.45. The number of ether oxygens (including phenoxy) is 3. The molecule has 258 valence electrons. The molecule has 4 rings (SSSR count). The van der Waals surface area contributed by atoms with E-state index in [2.05, 4.69) is 38.5 Å². The molecule has 3 N–H and O–H groups in total. The molecule has 0 saturated heterocycles. The molecule has 1 aromatic heterocycles. The highest BCUT2D eigenvalue weighted by Gasteiger charge is 2.28. The molecule has 2 aromatic carbocycles. The molecular weight excluding hydrogens is 644 g/mol. The van der Waals surface area contributed by atoms with Gasteiger partial charge in [0.2, 0.25) is 16.0 Å². The van der Waals surface area contributed by atoms with E-state index in [9.17, 15) is 13.5 Å². The zero-order valence-corrected chi connectivity index (χ0v) is 29.6. The Morgan fingerprint density at radius 1 is 1.04 bits per heavy atom. The minimum absolute atomic E-state index is 0.0971. The number of aromatic nitrogens is 2. The molecule has 3 atom stereocenters. The van der Waals surface area contributed by atoms with Crippen molar-refractivity contribution in [3.05, 3.63) is 58.7 Å². The van der Waals surface area contributed by atoms with Gasteiger partial charge in [-0.15, -0.1) is 0 Å². The summed E-state index contributed by atoms with van der Waals surface area (Å²) in [6.45, 7) is 4.42. The van der Waals surface area contributed by atoms with Gasteiger partial charge in [-0.3, -0.25) is 4.90 Å². The number of nitrogens with zero attached hydrogens (tertiary/aromatic N) is 4. The number of anilines is 4. The van der Waals surface area contributed by atoms with Crippen LogP contribution < -0.4 is 15.4 Å². The molecule has 3 unspecified atom stereocenters. The minimum Gasteiger partial charge on any atom is -0.494 e. The van der Waals surface area contributed by atoms with Crippen molar-refractivity contribution in [2.24, 2.45) is 5.92 Å². The topological polar surface area (TPSA) is 138 Å². The number of nitrogens with one attached hydrogen (secondary N) is 2. The van der Waals surface area contributed by atoms with Crippen LogP contribution in [0.1, 0.15) is 30.9 Å². The monoisotopic (exact) mass is 690 g/mol. The van der Waals surface area contributed by atoms with Crippen molar-refractivity contribution in [3.63, 3.8) is 0 Å². The van der Waals surface area contributed by atoms with Crippen molar-refractivity contribution in [3.8, 4) is 5.75 Å². The smallest absolute Gasteiger partial charge is 0.244 e. The molecule has 0 fully saturated rings. The van der Waals surface area contributed by atoms with Gasteiger partial charge in [0.15, 0.2) is 5.82 Å².